The molecule has 0 saturated carbocycles. The van der Waals surface area contributed by atoms with Crippen LogP contribution < -0.4 is 16.0 Å². The summed E-state index contributed by atoms with van der Waals surface area (Å²) < 4.78 is 13.8. The Morgan fingerprint density at radius 1 is 1.14 bits per heavy atom. The van der Waals surface area contributed by atoms with Crippen molar-refractivity contribution >= 4 is 23.0 Å². The third-order valence-electron chi connectivity index (χ3n) is 3.51. The number of hydrogen-bond donors (Lipinski definition) is 3. The lowest BCUT2D eigenvalue weighted by atomic mass is 10.1. The van der Waals surface area contributed by atoms with E-state index in [2.05, 4.69) is 16.0 Å². The first-order valence-electron chi connectivity index (χ1n) is 6.84. The molecule has 0 spiro atoms. The van der Waals surface area contributed by atoms with Crippen LogP contribution in [-0.2, 0) is 0 Å². The van der Waals surface area contributed by atoms with Crippen molar-refractivity contribution in [3.63, 3.8) is 0 Å². The summed E-state index contributed by atoms with van der Waals surface area (Å²) in [6.45, 7) is 3.32. The number of amides is 1. The van der Waals surface area contributed by atoms with Gasteiger partial charge in [0.25, 0.3) is 5.91 Å². The maximum atomic E-state index is 13.8. The molecule has 0 fully saturated rings. The van der Waals surface area contributed by atoms with Gasteiger partial charge in [0, 0.05) is 13.1 Å². The highest BCUT2D eigenvalue weighted by Crippen LogP contribution is 2.29. The van der Waals surface area contributed by atoms with Crippen LogP contribution in [0.5, 0.6) is 0 Å². The molecule has 0 aliphatic carbocycles. The summed E-state index contributed by atoms with van der Waals surface area (Å²) in [6.07, 6.45) is 0. The Kier molecular flexibility index (Phi) is 3.48. The lowest BCUT2D eigenvalue weighted by Gasteiger charge is -2.22. The van der Waals surface area contributed by atoms with Crippen LogP contribution in [0, 0.1) is 12.7 Å². The van der Waals surface area contributed by atoms with Gasteiger partial charge in [0.15, 0.2) is 0 Å². The van der Waals surface area contributed by atoms with E-state index in [0.717, 1.165) is 24.5 Å². The number of carbonyl (C=O) groups excluding carboxylic acids is 1. The van der Waals surface area contributed by atoms with Crippen LogP contribution in [0.25, 0.3) is 0 Å². The molecule has 21 heavy (non-hydrogen) atoms. The summed E-state index contributed by atoms with van der Waals surface area (Å²) in [7, 11) is 0. The van der Waals surface area contributed by atoms with Crippen LogP contribution in [0.3, 0.4) is 0 Å². The van der Waals surface area contributed by atoms with Crippen molar-refractivity contribution in [3.8, 4) is 0 Å². The molecule has 1 aliphatic rings. The van der Waals surface area contributed by atoms with E-state index in [1.165, 1.54) is 6.07 Å². The second-order valence-electron chi connectivity index (χ2n) is 4.97. The maximum Gasteiger partial charge on any atom is 0.257 e. The summed E-state index contributed by atoms with van der Waals surface area (Å²) in [5, 5.41) is 9.10. The number of carbonyl (C=O) groups is 1. The van der Waals surface area contributed by atoms with Crippen molar-refractivity contribution in [2.24, 2.45) is 0 Å². The number of aryl methyl sites for hydroxylation is 1. The molecule has 1 aliphatic heterocycles. The first kappa shape index (κ1) is 13.4. The molecule has 2 aromatic carbocycles. The first-order valence-corrected chi connectivity index (χ1v) is 6.84. The monoisotopic (exact) mass is 285 g/mol. The van der Waals surface area contributed by atoms with Gasteiger partial charge < -0.3 is 16.0 Å². The third-order valence-corrected chi connectivity index (χ3v) is 3.51. The average Bonchev–Trinajstić information content (AvgIpc) is 2.50. The molecule has 3 N–H and O–H groups in total. The van der Waals surface area contributed by atoms with Crippen molar-refractivity contribution in [3.05, 3.63) is 53.3 Å². The molecule has 0 radical (unpaired) electrons. The fourth-order valence-corrected chi connectivity index (χ4v) is 2.44. The number of anilines is 3. The van der Waals surface area contributed by atoms with Crippen molar-refractivity contribution in [1.82, 2.24) is 0 Å². The van der Waals surface area contributed by atoms with E-state index in [-0.39, 0.29) is 11.6 Å². The molecule has 1 amide bonds. The predicted molar refractivity (Wildman–Crippen MR) is 82.5 cm³/mol. The third kappa shape index (κ3) is 2.54. The molecular formula is C16H16FN3O. The highest BCUT2D eigenvalue weighted by atomic mass is 19.1. The van der Waals surface area contributed by atoms with Crippen molar-refractivity contribution in [1.29, 1.82) is 0 Å². The Labute approximate surface area is 122 Å². The Balaban J connectivity index is 1.93. The van der Waals surface area contributed by atoms with E-state index < -0.39 is 5.82 Å². The van der Waals surface area contributed by atoms with Crippen molar-refractivity contribution in [2.75, 3.05) is 29.0 Å². The number of rotatable bonds is 2. The van der Waals surface area contributed by atoms with Crippen LogP contribution in [0.4, 0.5) is 21.5 Å². The van der Waals surface area contributed by atoms with Crippen LogP contribution in [0.2, 0.25) is 0 Å². The second kappa shape index (κ2) is 5.44. The number of nitrogens with one attached hydrogen (secondary N) is 3. The average molecular weight is 285 g/mol. The van der Waals surface area contributed by atoms with E-state index in [1.54, 1.807) is 25.1 Å². The zero-order chi connectivity index (χ0) is 14.8. The molecule has 0 aromatic heterocycles. The van der Waals surface area contributed by atoms with Gasteiger partial charge in [-0.05, 0) is 30.7 Å². The molecule has 0 atom stereocenters. The van der Waals surface area contributed by atoms with E-state index in [9.17, 15) is 9.18 Å². The minimum Gasteiger partial charge on any atom is -0.382 e. The zero-order valence-corrected chi connectivity index (χ0v) is 11.7. The molecule has 0 saturated heterocycles. The molecule has 1 heterocycles. The highest BCUT2D eigenvalue weighted by molar-refractivity contribution is 6.10. The lowest BCUT2D eigenvalue weighted by molar-refractivity contribution is 0.102. The van der Waals surface area contributed by atoms with Gasteiger partial charge in [-0.2, -0.15) is 0 Å². The Morgan fingerprint density at radius 3 is 2.71 bits per heavy atom. The molecule has 0 unspecified atom stereocenters. The maximum absolute atomic E-state index is 13.8. The molecule has 3 rings (SSSR count). The Hall–Kier alpha value is -2.56. The van der Waals surface area contributed by atoms with E-state index in [4.69, 9.17) is 0 Å². The van der Waals surface area contributed by atoms with Crippen molar-refractivity contribution in [2.45, 2.75) is 6.92 Å². The number of hydrogen-bond acceptors (Lipinski definition) is 3. The van der Waals surface area contributed by atoms with E-state index in [1.807, 2.05) is 12.1 Å². The molecular weight excluding hydrogens is 269 g/mol. The van der Waals surface area contributed by atoms with Gasteiger partial charge in [-0.1, -0.05) is 18.2 Å². The normalized spacial score (nSPS) is 12.9. The largest absolute Gasteiger partial charge is 0.382 e. The number of halogens is 1. The predicted octanol–water partition coefficient (Wildman–Crippen LogP) is 3.22. The molecule has 0 bridgehead atoms. The van der Waals surface area contributed by atoms with Gasteiger partial charge >= 0.3 is 0 Å². The van der Waals surface area contributed by atoms with E-state index >= 15 is 0 Å². The van der Waals surface area contributed by atoms with Gasteiger partial charge in [0.1, 0.15) is 5.82 Å². The van der Waals surface area contributed by atoms with Gasteiger partial charge in [0.2, 0.25) is 0 Å². The summed E-state index contributed by atoms with van der Waals surface area (Å²) in [6, 6.07) is 10.2. The zero-order valence-electron chi connectivity index (χ0n) is 11.7. The molecule has 2 aromatic rings. The lowest BCUT2D eigenvalue weighted by Crippen LogP contribution is -2.24. The summed E-state index contributed by atoms with van der Waals surface area (Å²) in [5.74, 6) is -0.754. The van der Waals surface area contributed by atoms with Gasteiger partial charge in [-0.15, -0.1) is 0 Å². The van der Waals surface area contributed by atoms with Crippen molar-refractivity contribution < 1.29 is 9.18 Å². The van der Waals surface area contributed by atoms with Crippen LogP contribution >= 0.6 is 0 Å². The minimum absolute atomic E-state index is 0.226. The second-order valence-corrected chi connectivity index (χ2v) is 4.97. The quantitative estimate of drug-likeness (QED) is 0.794. The molecule has 5 heteroatoms. The Bertz CT molecular complexity index is 680. The van der Waals surface area contributed by atoms with E-state index in [0.29, 0.717) is 11.1 Å². The molecule has 4 nitrogen and oxygen atoms in total. The standard InChI is InChI=1S/C16H16FN3O/c1-10-4-2-6-12(17)14(10)20-16(21)11-5-3-7-13-15(11)19-9-8-18-13/h2-7,18-19H,8-9H2,1H3,(H,20,21). The number of para-hydroxylation sites is 2. The topological polar surface area (TPSA) is 53.2 Å². The minimum atomic E-state index is -0.431. The van der Waals surface area contributed by atoms with Gasteiger partial charge in [-0.3, -0.25) is 4.79 Å². The fourth-order valence-electron chi connectivity index (χ4n) is 2.44. The number of benzene rings is 2. The summed E-state index contributed by atoms with van der Waals surface area (Å²) in [4.78, 5) is 12.4. The van der Waals surface area contributed by atoms with Crippen LogP contribution in [0.1, 0.15) is 15.9 Å². The SMILES string of the molecule is Cc1cccc(F)c1NC(=O)c1cccc2c1NCCN2. The highest BCUT2D eigenvalue weighted by Gasteiger charge is 2.18. The van der Waals surface area contributed by atoms with Gasteiger partial charge in [0.05, 0.1) is 22.6 Å². The smallest absolute Gasteiger partial charge is 0.257 e. The van der Waals surface area contributed by atoms with Crippen LogP contribution in [-0.4, -0.2) is 19.0 Å². The first-order chi connectivity index (χ1) is 10.2. The van der Waals surface area contributed by atoms with Gasteiger partial charge in [-0.25, -0.2) is 4.39 Å². The molecule has 108 valence electrons. The van der Waals surface area contributed by atoms with Crippen LogP contribution in [0.15, 0.2) is 36.4 Å². The number of fused-ring (bicyclic) bond motifs is 1. The fraction of sp³-hybridized carbons (Fsp3) is 0.188. The Morgan fingerprint density at radius 2 is 1.90 bits per heavy atom. The summed E-state index contributed by atoms with van der Waals surface area (Å²) in [5.41, 5.74) is 3.07. The summed E-state index contributed by atoms with van der Waals surface area (Å²) >= 11 is 0.